The molecule has 0 aliphatic heterocycles. The summed E-state index contributed by atoms with van der Waals surface area (Å²) >= 11 is 0. The lowest BCUT2D eigenvalue weighted by Gasteiger charge is -2.20. The van der Waals surface area contributed by atoms with Crippen LogP contribution in [0.4, 0.5) is 0 Å². The lowest BCUT2D eigenvalue weighted by molar-refractivity contribution is -0.154. The maximum atomic E-state index is 12.1. The van der Waals surface area contributed by atoms with Gasteiger partial charge in [0.25, 0.3) is 0 Å². The van der Waals surface area contributed by atoms with Crippen LogP contribution in [0.1, 0.15) is 58.1 Å². The van der Waals surface area contributed by atoms with E-state index in [9.17, 15) is 4.79 Å². The Balaban J connectivity index is 2.33. The summed E-state index contributed by atoms with van der Waals surface area (Å²) in [6, 6.07) is 20.8. The van der Waals surface area contributed by atoms with Crippen molar-refractivity contribution in [1.29, 1.82) is 0 Å². The summed E-state index contributed by atoms with van der Waals surface area (Å²) in [6.07, 6.45) is 2.02. The molecule has 0 amide bonds. The van der Waals surface area contributed by atoms with Crippen molar-refractivity contribution in [3.05, 3.63) is 77.4 Å². The predicted octanol–water partition coefficient (Wildman–Crippen LogP) is 6.02. The summed E-state index contributed by atoms with van der Waals surface area (Å²) < 4.78 is 5.46. The van der Waals surface area contributed by atoms with Crippen LogP contribution in [0, 0.1) is 0 Å². The highest BCUT2D eigenvalue weighted by molar-refractivity contribution is 5.82. The van der Waals surface area contributed by atoms with E-state index in [-0.39, 0.29) is 5.97 Å². The third kappa shape index (κ3) is 5.90. The van der Waals surface area contributed by atoms with Gasteiger partial charge >= 0.3 is 5.97 Å². The Kier molecular flexibility index (Phi) is 6.58. The number of hydrogen-bond donors (Lipinski definition) is 0. The van der Waals surface area contributed by atoms with Crippen LogP contribution in [0.3, 0.4) is 0 Å². The average molecular weight is 336 g/mol. The summed E-state index contributed by atoms with van der Waals surface area (Å²) in [5, 5.41) is 0. The van der Waals surface area contributed by atoms with E-state index >= 15 is 0 Å². The summed E-state index contributed by atoms with van der Waals surface area (Å²) in [6.45, 7) is 7.86. The van der Waals surface area contributed by atoms with E-state index in [1.54, 1.807) is 0 Å². The lowest BCUT2D eigenvalue weighted by Crippen LogP contribution is -2.23. The number of carbonyl (C=O) groups excluding carboxylic acids is 1. The molecule has 0 fully saturated rings. The van der Waals surface area contributed by atoms with E-state index in [0.717, 1.165) is 6.42 Å². The van der Waals surface area contributed by atoms with Crippen molar-refractivity contribution in [2.24, 2.45) is 0 Å². The summed E-state index contributed by atoms with van der Waals surface area (Å²) in [5.74, 6) is -0.140. The third-order valence-corrected chi connectivity index (χ3v) is 3.96. The Morgan fingerprint density at radius 1 is 0.840 bits per heavy atom. The first-order valence-electron chi connectivity index (χ1n) is 8.95. The molecule has 0 unspecified atom stereocenters. The van der Waals surface area contributed by atoms with Crippen molar-refractivity contribution < 1.29 is 9.53 Å². The second-order valence-electron chi connectivity index (χ2n) is 7.15. The number of hydrogen-bond acceptors (Lipinski definition) is 2. The molecule has 2 aromatic rings. The molecule has 0 aromatic heterocycles. The Morgan fingerprint density at radius 3 is 1.72 bits per heavy atom. The van der Waals surface area contributed by atoms with Crippen molar-refractivity contribution in [2.75, 3.05) is 0 Å². The average Bonchev–Trinajstić information content (AvgIpc) is 2.58. The maximum Gasteiger partial charge on any atom is 0.306 e. The van der Waals surface area contributed by atoms with Crippen molar-refractivity contribution >= 4 is 11.5 Å². The summed E-state index contributed by atoms with van der Waals surface area (Å²) in [5.41, 5.74) is 4.45. The van der Waals surface area contributed by atoms with Gasteiger partial charge in [0.05, 0.1) is 0 Å². The molecule has 0 aliphatic carbocycles. The van der Waals surface area contributed by atoms with Crippen molar-refractivity contribution in [3.8, 4) is 0 Å². The van der Waals surface area contributed by atoms with Gasteiger partial charge in [0.1, 0.15) is 5.60 Å². The highest BCUT2D eigenvalue weighted by Gasteiger charge is 2.17. The second kappa shape index (κ2) is 8.66. The highest BCUT2D eigenvalue weighted by Crippen LogP contribution is 2.31. The number of ether oxygens (including phenoxy) is 1. The fourth-order valence-electron chi connectivity index (χ4n) is 2.91. The molecular formula is C23H28O2. The van der Waals surface area contributed by atoms with Crippen LogP contribution in [-0.4, -0.2) is 11.6 Å². The minimum Gasteiger partial charge on any atom is -0.460 e. The molecule has 0 saturated heterocycles. The molecule has 0 N–H and O–H groups in total. The zero-order valence-corrected chi connectivity index (χ0v) is 15.7. The van der Waals surface area contributed by atoms with Crippen LogP contribution in [0.5, 0.6) is 0 Å². The largest absolute Gasteiger partial charge is 0.460 e. The number of carbonyl (C=O) groups is 1. The van der Waals surface area contributed by atoms with E-state index < -0.39 is 5.60 Å². The van der Waals surface area contributed by atoms with E-state index in [1.807, 2.05) is 32.9 Å². The molecule has 2 nitrogen and oxygen atoms in total. The van der Waals surface area contributed by atoms with Crippen LogP contribution in [0.2, 0.25) is 0 Å². The fourth-order valence-corrected chi connectivity index (χ4v) is 2.91. The van der Waals surface area contributed by atoms with Crippen molar-refractivity contribution in [2.45, 2.75) is 52.6 Å². The van der Waals surface area contributed by atoms with E-state index in [1.165, 1.54) is 22.3 Å². The van der Waals surface area contributed by atoms with Gasteiger partial charge in [-0.15, -0.1) is 0 Å². The molecule has 0 aliphatic rings. The molecule has 0 radical (unpaired) electrons. The molecule has 2 aromatic carbocycles. The number of allylic oxidation sites excluding steroid dienone is 1. The van der Waals surface area contributed by atoms with Gasteiger partial charge in [0.2, 0.25) is 0 Å². The quantitative estimate of drug-likeness (QED) is 0.603. The molecule has 2 rings (SSSR count). The molecule has 25 heavy (non-hydrogen) atoms. The normalized spacial score (nSPS) is 11.0. The van der Waals surface area contributed by atoms with Gasteiger partial charge in [-0.2, -0.15) is 0 Å². The summed E-state index contributed by atoms with van der Waals surface area (Å²) in [7, 11) is 0. The van der Waals surface area contributed by atoms with Gasteiger partial charge in [-0.3, -0.25) is 4.79 Å². The van der Waals surface area contributed by atoms with Gasteiger partial charge in [-0.25, -0.2) is 0 Å². The van der Waals surface area contributed by atoms with E-state index in [4.69, 9.17) is 4.74 Å². The van der Waals surface area contributed by atoms with E-state index in [0.29, 0.717) is 12.8 Å². The molecule has 0 atom stereocenters. The number of benzene rings is 2. The first kappa shape index (κ1) is 19.0. The molecular weight excluding hydrogens is 308 g/mol. The topological polar surface area (TPSA) is 26.3 Å². The first-order chi connectivity index (χ1) is 11.9. The Bertz CT molecular complexity index is 665. The van der Waals surface area contributed by atoms with Crippen LogP contribution < -0.4 is 0 Å². The van der Waals surface area contributed by atoms with E-state index in [2.05, 4.69) is 55.5 Å². The maximum absolute atomic E-state index is 12.1. The number of esters is 1. The lowest BCUT2D eigenvalue weighted by atomic mass is 9.90. The third-order valence-electron chi connectivity index (χ3n) is 3.96. The monoisotopic (exact) mass is 336 g/mol. The molecule has 2 heteroatoms. The highest BCUT2D eigenvalue weighted by atomic mass is 16.6. The minimum atomic E-state index is -0.436. The van der Waals surface area contributed by atoms with Gasteiger partial charge < -0.3 is 4.74 Å². The van der Waals surface area contributed by atoms with Crippen molar-refractivity contribution in [1.82, 2.24) is 0 Å². The van der Waals surface area contributed by atoms with Crippen LogP contribution in [0.15, 0.2) is 66.2 Å². The van der Waals surface area contributed by atoms with Crippen LogP contribution in [-0.2, 0) is 9.53 Å². The summed E-state index contributed by atoms with van der Waals surface area (Å²) in [4.78, 5) is 12.1. The first-order valence-corrected chi connectivity index (χ1v) is 8.95. The Hall–Kier alpha value is -2.35. The second-order valence-corrected chi connectivity index (χ2v) is 7.15. The SMILES string of the molecule is CCC(CCC(=O)OC(C)(C)C)=C(c1ccccc1)c1ccccc1. The molecule has 0 heterocycles. The van der Waals surface area contributed by atoms with Gasteiger partial charge in [0, 0.05) is 6.42 Å². The Morgan fingerprint density at radius 2 is 1.32 bits per heavy atom. The van der Waals surface area contributed by atoms with Crippen LogP contribution in [0.25, 0.3) is 5.57 Å². The fraction of sp³-hybridized carbons (Fsp3) is 0.348. The molecule has 0 saturated carbocycles. The molecule has 0 bridgehead atoms. The van der Waals surface area contributed by atoms with Gasteiger partial charge in [0.15, 0.2) is 0 Å². The van der Waals surface area contributed by atoms with Gasteiger partial charge in [-0.05, 0) is 50.3 Å². The minimum absolute atomic E-state index is 0.140. The van der Waals surface area contributed by atoms with Crippen LogP contribution >= 0.6 is 0 Å². The smallest absolute Gasteiger partial charge is 0.306 e. The zero-order valence-electron chi connectivity index (χ0n) is 15.7. The predicted molar refractivity (Wildman–Crippen MR) is 104 cm³/mol. The standard InChI is InChI=1S/C23H28O2/c1-5-18(16-17-21(24)25-23(2,3)4)22(19-12-8-6-9-13-19)20-14-10-7-11-15-20/h6-15H,5,16-17H2,1-4H3. The molecule has 0 spiro atoms. The number of rotatable bonds is 6. The van der Waals surface area contributed by atoms with Crippen molar-refractivity contribution in [3.63, 3.8) is 0 Å². The molecule has 132 valence electrons. The zero-order chi connectivity index (χ0) is 18.3. The van der Waals surface area contributed by atoms with Gasteiger partial charge in [-0.1, -0.05) is 73.2 Å². The Labute approximate surface area is 151 Å².